The van der Waals surface area contributed by atoms with Crippen LogP contribution in [0.5, 0.6) is 0 Å². The normalized spacial score (nSPS) is 29.8. The summed E-state index contributed by atoms with van der Waals surface area (Å²) < 4.78 is 0. The number of rotatable bonds is 4. The maximum Gasteiger partial charge on any atom is 0.0753 e. The van der Waals surface area contributed by atoms with E-state index in [0.717, 1.165) is 56.8 Å². The quantitative estimate of drug-likeness (QED) is 0.814. The van der Waals surface area contributed by atoms with Crippen molar-refractivity contribution in [1.29, 1.82) is 0 Å². The zero-order chi connectivity index (χ0) is 17.2. The van der Waals surface area contributed by atoms with Gasteiger partial charge in [0.2, 0.25) is 0 Å². The number of likely N-dealkylation sites (tertiary alicyclic amines) is 1. The third-order valence-electron chi connectivity index (χ3n) is 6.25. The fourth-order valence-corrected chi connectivity index (χ4v) is 4.74. The van der Waals surface area contributed by atoms with E-state index < -0.39 is 5.60 Å². The first-order valence-electron chi connectivity index (χ1n) is 9.45. The molecule has 1 aliphatic heterocycles. The van der Waals surface area contributed by atoms with Gasteiger partial charge in [-0.15, -0.1) is 12.4 Å². The summed E-state index contributed by atoms with van der Waals surface area (Å²) in [7, 11) is 0. The molecule has 1 saturated heterocycles. The monoisotopic (exact) mass is 386 g/mol. The zero-order valence-corrected chi connectivity index (χ0v) is 16.7. The first-order chi connectivity index (χ1) is 11.5. The highest BCUT2D eigenvalue weighted by molar-refractivity contribution is 6.30. The van der Waals surface area contributed by atoms with E-state index in [9.17, 15) is 5.11 Å². The van der Waals surface area contributed by atoms with E-state index in [2.05, 4.69) is 17.9 Å². The van der Waals surface area contributed by atoms with E-state index in [1.807, 2.05) is 18.2 Å². The molecule has 2 aliphatic rings. The van der Waals surface area contributed by atoms with Crippen LogP contribution in [0.15, 0.2) is 24.3 Å². The average Bonchev–Trinajstić information content (AvgIpc) is 2.57. The van der Waals surface area contributed by atoms with Crippen LogP contribution < -0.4 is 5.73 Å². The number of nitrogens with two attached hydrogens (primary N) is 1. The minimum Gasteiger partial charge on any atom is -0.389 e. The summed E-state index contributed by atoms with van der Waals surface area (Å²) in [4.78, 5) is 2.48. The number of aliphatic hydroxyl groups is 1. The van der Waals surface area contributed by atoms with E-state index in [-0.39, 0.29) is 18.3 Å². The van der Waals surface area contributed by atoms with Crippen molar-refractivity contribution in [2.45, 2.75) is 63.0 Å². The molecule has 3 nitrogen and oxygen atoms in total. The van der Waals surface area contributed by atoms with Crippen molar-refractivity contribution in [1.82, 2.24) is 4.90 Å². The predicted octanol–water partition coefficient (Wildman–Crippen LogP) is 4.21. The van der Waals surface area contributed by atoms with E-state index in [1.165, 1.54) is 12.0 Å². The Morgan fingerprint density at radius 3 is 2.64 bits per heavy atom. The number of piperidine rings is 1. The van der Waals surface area contributed by atoms with E-state index >= 15 is 0 Å². The van der Waals surface area contributed by atoms with Gasteiger partial charge in [0.15, 0.2) is 0 Å². The fraction of sp³-hybridized carbons (Fsp3) is 0.700. The molecule has 3 unspecified atom stereocenters. The van der Waals surface area contributed by atoms with E-state index in [4.69, 9.17) is 17.3 Å². The molecular formula is C20H32Cl2N2O. The van der Waals surface area contributed by atoms with Crippen LogP contribution in [0.1, 0.15) is 56.9 Å². The zero-order valence-electron chi connectivity index (χ0n) is 15.2. The largest absolute Gasteiger partial charge is 0.389 e. The Bertz CT molecular complexity index is 548. The van der Waals surface area contributed by atoms with Gasteiger partial charge in [-0.2, -0.15) is 0 Å². The van der Waals surface area contributed by atoms with Crippen LogP contribution in [-0.4, -0.2) is 41.3 Å². The van der Waals surface area contributed by atoms with Crippen LogP contribution in [0.2, 0.25) is 5.02 Å². The topological polar surface area (TPSA) is 49.5 Å². The molecule has 0 spiro atoms. The highest BCUT2D eigenvalue weighted by Crippen LogP contribution is 2.44. The molecule has 0 aromatic heterocycles. The number of hydrogen-bond donors (Lipinski definition) is 2. The van der Waals surface area contributed by atoms with Crippen LogP contribution in [0.4, 0.5) is 0 Å². The Hall–Kier alpha value is -0.320. The molecule has 5 heteroatoms. The Labute approximate surface area is 163 Å². The number of halogens is 2. The molecule has 1 aromatic carbocycles. The van der Waals surface area contributed by atoms with Crippen LogP contribution in [0.3, 0.4) is 0 Å². The van der Waals surface area contributed by atoms with Gasteiger partial charge in [-0.05, 0) is 62.4 Å². The molecule has 1 saturated carbocycles. The maximum absolute atomic E-state index is 11.6. The lowest BCUT2D eigenvalue weighted by Gasteiger charge is -2.46. The second-order valence-corrected chi connectivity index (χ2v) is 8.32. The molecule has 1 aromatic rings. The summed E-state index contributed by atoms with van der Waals surface area (Å²) >= 11 is 6.26. The molecule has 0 radical (unpaired) electrons. The van der Waals surface area contributed by atoms with Crippen LogP contribution in [0, 0.1) is 5.92 Å². The van der Waals surface area contributed by atoms with Gasteiger partial charge in [-0.1, -0.05) is 43.5 Å². The van der Waals surface area contributed by atoms with Gasteiger partial charge in [-0.25, -0.2) is 0 Å². The summed E-state index contributed by atoms with van der Waals surface area (Å²) in [5, 5.41) is 12.4. The molecule has 3 atom stereocenters. The minimum absolute atomic E-state index is 0. The van der Waals surface area contributed by atoms with Gasteiger partial charge in [0.25, 0.3) is 0 Å². The lowest BCUT2D eigenvalue weighted by Crippen LogP contribution is -2.50. The lowest BCUT2D eigenvalue weighted by atomic mass is 9.67. The summed E-state index contributed by atoms with van der Waals surface area (Å²) in [6, 6.07) is 8.43. The smallest absolute Gasteiger partial charge is 0.0753 e. The van der Waals surface area contributed by atoms with Gasteiger partial charge < -0.3 is 15.7 Å². The second kappa shape index (κ2) is 9.05. The summed E-state index contributed by atoms with van der Waals surface area (Å²) in [6.07, 6.45) is 6.44. The average molecular weight is 387 g/mol. The van der Waals surface area contributed by atoms with Crippen LogP contribution >= 0.6 is 24.0 Å². The highest BCUT2D eigenvalue weighted by Gasteiger charge is 2.44. The van der Waals surface area contributed by atoms with Gasteiger partial charge in [0, 0.05) is 23.5 Å². The number of nitrogens with zero attached hydrogens (tertiary/aromatic N) is 1. The maximum atomic E-state index is 11.6. The second-order valence-electron chi connectivity index (χ2n) is 7.88. The third kappa shape index (κ3) is 4.90. The molecule has 25 heavy (non-hydrogen) atoms. The molecule has 142 valence electrons. The van der Waals surface area contributed by atoms with Gasteiger partial charge in [-0.3, -0.25) is 0 Å². The Kier molecular flexibility index (Phi) is 7.60. The molecule has 1 heterocycles. The van der Waals surface area contributed by atoms with Crippen molar-refractivity contribution in [3.8, 4) is 0 Å². The van der Waals surface area contributed by atoms with Gasteiger partial charge in [0.05, 0.1) is 5.60 Å². The number of benzene rings is 1. The van der Waals surface area contributed by atoms with Crippen molar-refractivity contribution in [2.75, 3.05) is 19.6 Å². The molecule has 1 aliphatic carbocycles. The Morgan fingerprint density at radius 2 is 2.00 bits per heavy atom. The minimum atomic E-state index is -0.636. The van der Waals surface area contributed by atoms with Crippen molar-refractivity contribution in [3.63, 3.8) is 0 Å². The van der Waals surface area contributed by atoms with Crippen molar-refractivity contribution < 1.29 is 5.11 Å². The predicted molar refractivity (Wildman–Crippen MR) is 108 cm³/mol. The third-order valence-corrected chi connectivity index (χ3v) is 6.48. The van der Waals surface area contributed by atoms with Crippen molar-refractivity contribution in [2.24, 2.45) is 11.7 Å². The molecule has 2 fully saturated rings. The highest BCUT2D eigenvalue weighted by atomic mass is 35.5. The summed E-state index contributed by atoms with van der Waals surface area (Å²) in [6.45, 7) is 5.17. The number of hydrogen-bond acceptors (Lipinski definition) is 3. The summed E-state index contributed by atoms with van der Waals surface area (Å²) in [5.74, 6) is 0.433. The first-order valence-corrected chi connectivity index (χ1v) is 9.82. The molecule has 0 bridgehead atoms. The molecule has 3 rings (SSSR count). The van der Waals surface area contributed by atoms with Crippen molar-refractivity contribution >= 4 is 24.0 Å². The lowest BCUT2D eigenvalue weighted by molar-refractivity contribution is -0.0719. The first kappa shape index (κ1) is 21.0. The molecular weight excluding hydrogens is 355 g/mol. The standard InChI is InChI=1S/C20H31ClN2O.ClH/c1-15-5-2-3-10-20(15,24)19(16-6-4-7-17(21)13-16)14-23-11-8-18(22)9-12-23;/h4,6-7,13,15,18-19,24H,2-3,5,8-12,14,22H2,1H3;1H. The van der Waals surface area contributed by atoms with Crippen LogP contribution in [0.25, 0.3) is 0 Å². The van der Waals surface area contributed by atoms with E-state index in [1.54, 1.807) is 0 Å². The Morgan fingerprint density at radius 1 is 1.28 bits per heavy atom. The van der Waals surface area contributed by atoms with Crippen molar-refractivity contribution in [3.05, 3.63) is 34.9 Å². The fourth-order valence-electron chi connectivity index (χ4n) is 4.54. The molecule has 0 amide bonds. The summed E-state index contributed by atoms with van der Waals surface area (Å²) in [5.41, 5.74) is 6.59. The van der Waals surface area contributed by atoms with Gasteiger partial charge in [0.1, 0.15) is 0 Å². The van der Waals surface area contributed by atoms with Crippen LogP contribution in [-0.2, 0) is 0 Å². The molecule has 3 N–H and O–H groups in total. The SMILES string of the molecule is CC1CCCCC1(O)C(CN1CCC(N)CC1)c1cccc(Cl)c1.Cl. The van der Waals surface area contributed by atoms with E-state index in [0.29, 0.717) is 12.0 Å². The Balaban J connectivity index is 0.00000225. The van der Waals surface area contributed by atoms with Gasteiger partial charge >= 0.3 is 0 Å².